The smallest absolute Gasteiger partial charge is 0.267 e. The number of aryl methyl sites for hydroxylation is 2. The van der Waals surface area contributed by atoms with Gasteiger partial charge in [0.05, 0.1) is 16.6 Å². The van der Waals surface area contributed by atoms with Crippen molar-refractivity contribution in [3.63, 3.8) is 0 Å². The van der Waals surface area contributed by atoms with E-state index in [1.54, 1.807) is 16.3 Å². The number of rotatable bonds is 3. The Balaban J connectivity index is 2.19. The minimum Gasteiger partial charge on any atom is -0.268 e. The van der Waals surface area contributed by atoms with Gasteiger partial charge in [0.15, 0.2) is 5.16 Å². The summed E-state index contributed by atoms with van der Waals surface area (Å²) in [5, 5.41) is 10.6. The zero-order valence-electron chi connectivity index (χ0n) is 15.2. The summed E-state index contributed by atoms with van der Waals surface area (Å²) < 4.78 is 3.67. The van der Waals surface area contributed by atoms with Crippen molar-refractivity contribution < 1.29 is 0 Å². The number of nitrogens with zero attached hydrogens (tertiary/aromatic N) is 4. The van der Waals surface area contributed by atoms with E-state index in [9.17, 15) is 4.79 Å². The summed E-state index contributed by atoms with van der Waals surface area (Å²) in [6.45, 7) is 8.27. The second kappa shape index (κ2) is 6.29. The van der Waals surface area contributed by atoms with Crippen molar-refractivity contribution in [3.8, 4) is 5.69 Å². The summed E-state index contributed by atoms with van der Waals surface area (Å²) in [4.78, 5) is 13.3. The number of hydrogen-bond acceptors (Lipinski definition) is 4. The van der Waals surface area contributed by atoms with E-state index < -0.39 is 0 Å². The maximum absolute atomic E-state index is 13.3. The molecule has 0 fully saturated rings. The van der Waals surface area contributed by atoms with E-state index in [0.29, 0.717) is 16.4 Å². The molecule has 0 saturated carbocycles. The van der Waals surface area contributed by atoms with Crippen LogP contribution in [0, 0.1) is 13.8 Å². The highest BCUT2D eigenvalue weighted by molar-refractivity contribution is 7.99. The van der Waals surface area contributed by atoms with Crippen LogP contribution in [0.1, 0.15) is 25.0 Å². The molecule has 4 aromatic rings. The summed E-state index contributed by atoms with van der Waals surface area (Å²) in [6, 6.07) is 13.7. The first-order chi connectivity index (χ1) is 12.5. The lowest BCUT2D eigenvalue weighted by Crippen LogP contribution is -2.22. The van der Waals surface area contributed by atoms with Crippen LogP contribution in [0.5, 0.6) is 0 Å². The van der Waals surface area contributed by atoms with E-state index in [1.807, 2.05) is 60.7 Å². The molecular formula is C20H20N4OS. The first-order valence-electron chi connectivity index (χ1n) is 8.60. The van der Waals surface area contributed by atoms with E-state index >= 15 is 0 Å². The molecule has 0 spiro atoms. The van der Waals surface area contributed by atoms with Gasteiger partial charge in [-0.25, -0.2) is 4.57 Å². The van der Waals surface area contributed by atoms with E-state index in [0.717, 1.165) is 27.5 Å². The zero-order valence-corrected chi connectivity index (χ0v) is 16.0. The molecule has 0 aliphatic heterocycles. The van der Waals surface area contributed by atoms with E-state index in [4.69, 9.17) is 0 Å². The highest BCUT2D eigenvalue weighted by atomic mass is 32.2. The Labute approximate surface area is 155 Å². The molecule has 0 unspecified atom stereocenters. The fraction of sp³-hybridized carbons (Fsp3) is 0.250. The van der Waals surface area contributed by atoms with Crippen molar-refractivity contribution in [2.45, 2.75) is 38.1 Å². The number of fused-ring (bicyclic) bond motifs is 3. The molecule has 5 nitrogen and oxygen atoms in total. The van der Waals surface area contributed by atoms with Crippen molar-refractivity contribution in [1.82, 2.24) is 19.2 Å². The molecule has 0 N–H and O–H groups in total. The Kier molecular flexibility index (Phi) is 4.07. The molecule has 0 aliphatic carbocycles. The van der Waals surface area contributed by atoms with Gasteiger partial charge in [-0.05, 0) is 43.2 Å². The fourth-order valence-corrected chi connectivity index (χ4v) is 3.94. The normalized spacial score (nSPS) is 11.7. The minimum absolute atomic E-state index is 0.0738. The summed E-state index contributed by atoms with van der Waals surface area (Å²) in [7, 11) is 0. The van der Waals surface area contributed by atoms with Crippen LogP contribution in [-0.2, 0) is 0 Å². The van der Waals surface area contributed by atoms with Crippen molar-refractivity contribution in [3.05, 3.63) is 63.9 Å². The second-order valence-electron chi connectivity index (χ2n) is 6.73. The minimum atomic E-state index is -0.0738. The maximum Gasteiger partial charge on any atom is 0.267 e. The largest absolute Gasteiger partial charge is 0.268 e. The second-order valence-corrected chi connectivity index (χ2v) is 8.28. The van der Waals surface area contributed by atoms with Crippen LogP contribution < -0.4 is 5.56 Å². The highest BCUT2D eigenvalue weighted by Gasteiger charge is 2.19. The number of thioether (sulfide) groups is 1. The molecule has 0 atom stereocenters. The number of hydrogen-bond donors (Lipinski definition) is 0. The molecule has 26 heavy (non-hydrogen) atoms. The first-order valence-corrected chi connectivity index (χ1v) is 9.48. The molecule has 4 rings (SSSR count). The van der Waals surface area contributed by atoms with E-state index in [2.05, 4.69) is 24.0 Å². The quantitative estimate of drug-likeness (QED) is 0.513. The molecule has 0 aliphatic rings. The van der Waals surface area contributed by atoms with Gasteiger partial charge < -0.3 is 0 Å². The number of para-hydroxylation sites is 1. The van der Waals surface area contributed by atoms with Gasteiger partial charge in [0.25, 0.3) is 5.56 Å². The van der Waals surface area contributed by atoms with Gasteiger partial charge >= 0.3 is 0 Å². The molecule has 2 heterocycles. The average Bonchev–Trinajstić information content (AvgIpc) is 3.01. The zero-order chi connectivity index (χ0) is 18.4. The van der Waals surface area contributed by atoms with Crippen LogP contribution in [0.2, 0.25) is 0 Å². The van der Waals surface area contributed by atoms with Crippen molar-refractivity contribution in [1.29, 1.82) is 0 Å². The lowest BCUT2D eigenvalue weighted by atomic mass is 10.1. The SMILES string of the molecule is Cc1ccc(C)c(-n2c(=O)c3ccccc3n3c(SC(C)C)nnc23)c1. The van der Waals surface area contributed by atoms with Gasteiger partial charge in [0.2, 0.25) is 5.78 Å². The van der Waals surface area contributed by atoms with Crippen molar-refractivity contribution in [2.75, 3.05) is 0 Å². The van der Waals surface area contributed by atoms with Crippen LogP contribution >= 0.6 is 11.8 Å². The summed E-state index contributed by atoms with van der Waals surface area (Å²) in [6.07, 6.45) is 0. The molecule has 132 valence electrons. The molecule has 6 heteroatoms. The van der Waals surface area contributed by atoms with Gasteiger partial charge in [-0.2, -0.15) is 0 Å². The van der Waals surface area contributed by atoms with Crippen LogP contribution in [0.25, 0.3) is 22.4 Å². The molecule has 0 saturated heterocycles. The van der Waals surface area contributed by atoms with Gasteiger partial charge in [-0.3, -0.25) is 9.20 Å². The van der Waals surface area contributed by atoms with Crippen LogP contribution in [0.4, 0.5) is 0 Å². The lowest BCUT2D eigenvalue weighted by molar-refractivity contribution is 0.920. The Morgan fingerprint density at radius 1 is 1.04 bits per heavy atom. The Hall–Kier alpha value is -2.60. The molecule has 2 aromatic carbocycles. The Morgan fingerprint density at radius 3 is 2.58 bits per heavy atom. The third kappa shape index (κ3) is 2.61. The average molecular weight is 364 g/mol. The molecular weight excluding hydrogens is 344 g/mol. The molecule has 0 radical (unpaired) electrons. The summed E-state index contributed by atoms with van der Waals surface area (Å²) in [5.41, 5.74) is 3.73. The fourth-order valence-electron chi connectivity index (χ4n) is 3.14. The van der Waals surface area contributed by atoms with Gasteiger partial charge in [0, 0.05) is 5.25 Å². The Morgan fingerprint density at radius 2 is 1.81 bits per heavy atom. The standard InChI is InChI=1S/C20H20N4OS/c1-12(2)26-20-22-21-19-23(17-11-13(3)9-10-14(17)4)18(25)15-7-5-6-8-16(15)24(19)20/h5-12H,1-4H3. The highest BCUT2D eigenvalue weighted by Crippen LogP contribution is 2.26. The molecule has 0 bridgehead atoms. The first kappa shape index (κ1) is 16.8. The predicted molar refractivity (Wildman–Crippen MR) is 107 cm³/mol. The summed E-state index contributed by atoms with van der Waals surface area (Å²) >= 11 is 1.64. The van der Waals surface area contributed by atoms with Crippen LogP contribution in [0.15, 0.2) is 52.4 Å². The van der Waals surface area contributed by atoms with Crippen molar-refractivity contribution >= 4 is 28.4 Å². The van der Waals surface area contributed by atoms with Crippen LogP contribution in [0.3, 0.4) is 0 Å². The number of aromatic nitrogens is 4. The van der Waals surface area contributed by atoms with Gasteiger partial charge in [0.1, 0.15) is 0 Å². The third-order valence-electron chi connectivity index (χ3n) is 4.34. The van der Waals surface area contributed by atoms with E-state index in [-0.39, 0.29) is 5.56 Å². The van der Waals surface area contributed by atoms with Gasteiger partial charge in [-0.1, -0.05) is 49.9 Å². The summed E-state index contributed by atoms with van der Waals surface area (Å²) in [5.74, 6) is 0.547. The Bertz CT molecular complexity index is 1190. The lowest BCUT2D eigenvalue weighted by Gasteiger charge is -2.14. The van der Waals surface area contributed by atoms with Crippen molar-refractivity contribution in [2.24, 2.45) is 0 Å². The third-order valence-corrected chi connectivity index (χ3v) is 5.29. The van der Waals surface area contributed by atoms with Gasteiger partial charge in [-0.15, -0.1) is 10.2 Å². The van der Waals surface area contributed by atoms with Crippen LogP contribution in [-0.4, -0.2) is 24.4 Å². The van der Waals surface area contributed by atoms with E-state index in [1.165, 1.54) is 0 Å². The topological polar surface area (TPSA) is 52.2 Å². The number of benzene rings is 2. The molecule has 2 aromatic heterocycles. The maximum atomic E-state index is 13.3. The predicted octanol–water partition coefficient (Wildman–Crippen LogP) is 4.15. The molecule has 0 amide bonds. The monoisotopic (exact) mass is 364 g/mol.